The van der Waals surface area contributed by atoms with Gasteiger partial charge >= 0.3 is 12.0 Å². The van der Waals surface area contributed by atoms with Gasteiger partial charge in [0.1, 0.15) is 6.04 Å². The summed E-state index contributed by atoms with van der Waals surface area (Å²) in [5.41, 5.74) is 0. The number of hydrogen-bond acceptors (Lipinski definition) is 4. The number of carboxylic acid groups (broad SMARTS) is 1. The lowest BCUT2D eigenvalue weighted by atomic mass is 10.2. The minimum atomic E-state index is -1.13. The summed E-state index contributed by atoms with van der Waals surface area (Å²) < 4.78 is 0. The van der Waals surface area contributed by atoms with Gasteiger partial charge in [0.15, 0.2) is 0 Å². The quantitative estimate of drug-likeness (QED) is 0.519. The molecule has 0 rings (SSSR count). The number of hydrogen-bond donors (Lipinski definition) is 3. The van der Waals surface area contributed by atoms with Gasteiger partial charge in [0.25, 0.3) is 0 Å². The van der Waals surface area contributed by atoms with E-state index in [0.717, 1.165) is 26.1 Å². The molecule has 0 heterocycles. The maximum atomic E-state index is 12.0. The van der Waals surface area contributed by atoms with E-state index in [0.29, 0.717) is 13.1 Å². The molecule has 7 nitrogen and oxygen atoms in total. The highest BCUT2D eigenvalue weighted by atomic mass is 16.4. The summed E-state index contributed by atoms with van der Waals surface area (Å²) in [6.07, 6.45) is 0.860. The number of nitrogens with one attached hydrogen (secondary N) is 1. The third kappa shape index (κ3) is 7.87. The molecule has 0 spiro atoms. The zero-order chi connectivity index (χ0) is 16.3. The zero-order valence-electron chi connectivity index (χ0n) is 13.3. The summed E-state index contributed by atoms with van der Waals surface area (Å²) >= 11 is 0. The van der Waals surface area contributed by atoms with Crippen molar-refractivity contribution in [2.24, 2.45) is 0 Å². The van der Waals surface area contributed by atoms with Gasteiger partial charge in [-0.1, -0.05) is 13.8 Å². The van der Waals surface area contributed by atoms with Crippen LogP contribution >= 0.6 is 0 Å². The van der Waals surface area contributed by atoms with Gasteiger partial charge in [-0.3, -0.25) is 0 Å². The fourth-order valence-electron chi connectivity index (χ4n) is 2.06. The zero-order valence-corrected chi connectivity index (χ0v) is 13.3. The summed E-state index contributed by atoms with van der Waals surface area (Å²) in [6, 6.07) is -1.43. The van der Waals surface area contributed by atoms with Crippen LogP contribution < -0.4 is 5.32 Å². The fourth-order valence-corrected chi connectivity index (χ4v) is 2.06. The molecule has 7 heteroatoms. The van der Waals surface area contributed by atoms with Crippen LogP contribution in [-0.2, 0) is 4.79 Å². The average molecular weight is 303 g/mol. The minimum absolute atomic E-state index is 0.0120. The van der Waals surface area contributed by atoms with Crippen molar-refractivity contribution < 1.29 is 19.8 Å². The lowest BCUT2D eigenvalue weighted by Crippen LogP contribution is -2.48. The maximum absolute atomic E-state index is 12.0. The molecule has 124 valence electrons. The SMILES string of the molecule is CCN(CC)CCCN(CC)C(=O)N[C@H](CCO)C(=O)O. The molecule has 0 bridgehead atoms. The van der Waals surface area contributed by atoms with E-state index in [1.165, 1.54) is 0 Å². The molecule has 0 aromatic rings. The number of aliphatic hydroxyl groups is 1. The number of carbonyl (C=O) groups is 2. The van der Waals surface area contributed by atoms with E-state index in [9.17, 15) is 9.59 Å². The number of nitrogens with zero attached hydrogens (tertiary/aromatic N) is 2. The van der Waals surface area contributed by atoms with Crippen molar-refractivity contribution in [2.75, 3.05) is 39.3 Å². The highest BCUT2D eigenvalue weighted by molar-refractivity contribution is 5.82. The largest absolute Gasteiger partial charge is 0.480 e. The molecule has 0 saturated heterocycles. The van der Waals surface area contributed by atoms with E-state index in [1.807, 2.05) is 6.92 Å². The minimum Gasteiger partial charge on any atom is -0.480 e. The van der Waals surface area contributed by atoms with Crippen molar-refractivity contribution in [3.63, 3.8) is 0 Å². The van der Waals surface area contributed by atoms with Crippen LogP contribution in [0.1, 0.15) is 33.6 Å². The third-order valence-electron chi connectivity index (χ3n) is 3.48. The first kappa shape index (κ1) is 19.7. The second-order valence-corrected chi connectivity index (χ2v) is 4.81. The van der Waals surface area contributed by atoms with E-state index in [4.69, 9.17) is 10.2 Å². The first-order valence-electron chi connectivity index (χ1n) is 7.61. The normalized spacial score (nSPS) is 12.2. The first-order chi connectivity index (χ1) is 9.99. The van der Waals surface area contributed by atoms with Gasteiger partial charge in [-0.2, -0.15) is 0 Å². The van der Waals surface area contributed by atoms with Crippen molar-refractivity contribution in [3.05, 3.63) is 0 Å². The van der Waals surface area contributed by atoms with Gasteiger partial charge in [-0.05, 0) is 33.0 Å². The molecule has 1 atom stereocenters. The Bertz CT molecular complexity index is 309. The van der Waals surface area contributed by atoms with Gasteiger partial charge in [0.05, 0.1) is 0 Å². The Morgan fingerprint density at radius 3 is 2.14 bits per heavy atom. The van der Waals surface area contributed by atoms with Crippen LogP contribution in [0.15, 0.2) is 0 Å². The van der Waals surface area contributed by atoms with Crippen LogP contribution in [0.3, 0.4) is 0 Å². The van der Waals surface area contributed by atoms with Crippen LogP contribution in [0.2, 0.25) is 0 Å². The number of rotatable bonds is 11. The van der Waals surface area contributed by atoms with Crippen LogP contribution in [0.25, 0.3) is 0 Å². The topological polar surface area (TPSA) is 93.1 Å². The van der Waals surface area contributed by atoms with Gasteiger partial charge in [0, 0.05) is 26.1 Å². The van der Waals surface area contributed by atoms with Crippen molar-refractivity contribution in [1.29, 1.82) is 0 Å². The number of aliphatic carboxylic acids is 1. The molecule has 0 unspecified atom stereocenters. The summed E-state index contributed by atoms with van der Waals surface area (Å²) in [5, 5.41) is 20.2. The molecule has 0 aromatic heterocycles. The monoisotopic (exact) mass is 303 g/mol. The van der Waals surface area contributed by atoms with Gasteiger partial charge in [-0.25, -0.2) is 9.59 Å². The third-order valence-corrected chi connectivity index (χ3v) is 3.48. The van der Waals surface area contributed by atoms with Crippen molar-refractivity contribution in [1.82, 2.24) is 15.1 Å². The summed E-state index contributed by atoms with van der Waals surface area (Å²) in [7, 11) is 0. The molecular formula is C14H29N3O4. The molecular weight excluding hydrogens is 274 g/mol. The predicted octanol–water partition coefficient (Wildman–Crippen LogP) is 0.585. The Kier molecular flexibility index (Phi) is 10.6. The molecule has 3 N–H and O–H groups in total. The summed E-state index contributed by atoms with van der Waals surface area (Å²) in [5.74, 6) is -1.13. The molecule has 21 heavy (non-hydrogen) atoms. The van der Waals surface area contributed by atoms with Gasteiger partial charge < -0.3 is 25.3 Å². The Morgan fingerprint density at radius 1 is 1.10 bits per heavy atom. The highest BCUT2D eigenvalue weighted by Crippen LogP contribution is 1.99. The first-order valence-corrected chi connectivity index (χ1v) is 7.61. The van der Waals surface area contributed by atoms with E-state index >= 15 is 0 Å². The Labute approximate surface area is 126 Å². The van der Waals surface area contributed by atoms with Crippen molar-refractivity contribution in [3.8, 4) is 0 Å². The van der Waals surface area contributed by atoms with E-state index in [-0.39, 0.29) is 13.0 Å². The summed E-state index contributed by atoms with van der Waals surface area (Å²) in [6.45, 7) is 9.76. The standard InChI is InChI=1S/C14H29N3O4/c1-4-16(5-2)9-7-10-17(6-3)14(21)15-12(8-11-18)13(19)20/h12,18H,4-11H2,1-3H3,(H,15,21)(H,19,20)/t12-/m1/s1. The number of aliphatic hydroxyl groups excluding tert-OH is 1. The highest BCUT2D eigenvalue weighted by Gasteiger charge is 2.21. The Morgan fingerprint density at radius 2 is 1.71 bits per heavy atom. The second-order valence-electron chi connectivity index (χ2n) is 4.81. The van der Waals surface area contributed by atoms with Gasteiger partial charge in [-0.15, -0.1) is 0 Å². The predicted molar refractivity (Wildman–Crippen MR) is 81.3 cm³/mol. The maximum Gasteiger partial charge on any atom is 0.326 e. The molecule has 0 aromatic carbocycles. The number of urea groups is 1. The number of carboxylic acids is 1. The number of carbonyl (C=O) groups excluding carboxylic acids is 1. The molecule has 0 aliphatic carbocycles. The Balaban J connectivity index is 4.31. The summed E-state index contributed by atoms with van der Waals surface area (Å²) in [4.78, 5) is 26.9. The van der Waals surface area contributed by atoms with Crippen LogP contribution in [0.5, 0.6) is 0 Å². The van der Waals surface area contributed by atoms with Crippen LogP contribution in [0.4, 0.5) is 4.79 Å². The second kappa shape index (κ2) is 11.3. The number of amides is 2. The molecule has 0 saturated carbocycles. The smallest absolute Gasteiger partial charge is 0.326 e. The van der Waals surface area contributed by atoms with Crippen molar-refractivity contribution in [2.45, 2.75) is 39.7 Å². The lowest BCUT2D eigenvalue weighted by Gasteiger charge is -2.25. The van der Waals surface area contributed by atoms with Crippen LogP contribution in [0, 0.1) is 0 Å². The van der Waals surface area contributed by atoms with Crippen molar-refractivity contribution >= 4 is 12.0 Å². The lowest BCUT2D eigenvalue weighted by molar-refractivity contribution is -0.139. The molecule has 0 aliphatic heterocycles. The van der Waals surface area contributed by atoms with E-state index in [2.05, 4.69) is 24.1 Å². The van der Waals surface area contributed by atoms with E-state index in [1.54, 1.807) is 4.90 Å². The van der Waals surface area contributed by atoms with Crippen LogP contribution in [-0.4, -0.2) is 77.4 Å². The average Bonchev–Trinajstić information content (AvgIpc) is 2.46. The molecule has 0 radical (unpaired) electrons. The Hall–Kier alpha value is -1.34. The fraction of sp³-hybridized carbons (Fsp3) is 0.857. The van der Waals surface area contributed by atoms with E-state index < -0.39 is 18.0 Å². The molecule has 2 amide bonds. The van der Waals surface area contributed by atoms with Gasteiger partial charge in [0.2, 0.25) is 0 Å². The molecule has 0 fully saturated rings. The molecule has 0 aliphatic rings.